The van der Waals surface area contributed by atoms with Gasteiger partial charge in [0.05, 0.1) is 38.2 Å². The number of methoxy groups -OCH3 is 2. The highest BCUT2D eigenvalue weighted by atomic mass is 79.9. The van der Waals surface area contributed by atoms with Gasteiger partial charge in [0.2, 0.25) is 0 Å². The first-order valence-electron chi connectivity index (χ1n) is 10.3. The van der Waals surface area contributed by atoms with Crippen molar-refractivity contribution in [2.45, 2.75) is 6.92 Å². The van der Waals surface area contributed by atoms with E-state index in [4.69, 9.17) is 18.9 Å². The van der Waals surface area contributed by atoms with Crippen molar-refractivity contribution in [1.29, 1.82) is 0 Å². The molecule has 0 heterocycles. The summed E-state index contributed by atoms with van der Waals surface area (Å²) in [5, 5.41) is 4.02. The fourth-order valence-electron chi connectivity index (χ4n) is 2.99. The first kappa shape index (κ1) is 24.8. The summed E-state index contributed by atoms with van der Waals surface area (Å²) in [6.45, 7) is 2.27. The number of hydrogen-bond donors (Lipinski definition) is 1. The van der Waals surface area contributed by atoms with Gasteiger partial charge in [0.15, 0.2) is 11.5 Å². The average molecular weight is 527 g/mol. The lowest BCUT2D eigenvalue weighted by molar-refractivity contribution is 0.0733. The third kappa shape index (κ3) is 6.14. The van der Waals surface area contributed by atoms with Gasteiger partial charge in [-0.3, -0.25) is 4.79 Å². The lowest BCUT2D eigenvalue weighted by Gasteiger charge is -2.11. The molecule has 0 unspecified atom stereocenters. The number of amides is 1. The summed E-state index contributed by atoms with van der Waals surface area (Å²) in [5.74, 6) is 0.605. The largest absolute Gasteiger partial charge is 0.493 e. The molecular formula is C25H23BrN2O6. The maximum absolute atomic E-state index is 12.7. The van der Waals surface area contributed by atoms with Gasteiger partial charge in [-0.2, -0.15) is 5.10 Å². The number of ether oxygens (including phenoxy) is 4. The van der Waals surface area contributed by atoms with Crippen LogP contribution in [-0.4, -0.2) is 38.9 Å². The van der Waals surface area contributed by atoms with Gasteiger partial charge in [-0.1, -0.05) is 28.1 Å². The number of halogens is 1. The van der Waals surface area contributed by atoms with Gasteiger partial charge in [-0.05, 0) is 55.5 Å². The molecule has 3 rings (SSSR count). The zero-order chi connectivity index (χ0) is 24.5. The van der Waals surface area contributed by atoms with Crippen molar-refractivity contribution in [2.75, 3.05) is 20.8 Å². The van der Waals surface area contributed by atoms with E-state index in [1.165, 1.54) is 26.5 Å². The smallest absolute Gasteiger partial charge is 0.343 e. The van der Waals surface area contributed by atoms with E-state index in [9.17, 15) is 9.59 Å². The molecule has 0 aliphatic rings. The second-order valence-corrected chi connectivity index (χ2v) is 7.69. The van der Waals surface area contributed by atoms with Crippen LogP contribution in [-0.2, 0) is 0 Å². The van der Waals surface area contributed by atoms with Gasteiger partial charge < -0.3 is 18.9 Å². The second-order valence-electron chi connectivity index (χ2n) is 6.77. The molecule has 9 heteroatoms. The maximum Gasteiger partial charge on any atom is 0.343 e. The molecule has 0 aliphatic carbocycles. The number of rotatable bonds is 9. The van der Waals surface area contributed by atoms with E-state index in [0.717, 1.165) is 4.47 Å². The van der Waals surface area contributed by atoms with Crippen molar-refractivity contribution in [2.24, 2.45) is 5.10 Å². The van der Waals surface area contributed by atoms with E-state index in [0.29, 0.717) is 35.0 Å². The predicted molar refractivity (Wildman–Crippen MR) is 131 cm³/mol. The van der Waals surface area contributed by atoms with Gasteiger partial charge in [0.25, 0.3) is 5.91 Å². The Bertz CT molecular complexity index is 1210. The Labute approximate surface area is 205 Å². The number of benzene rings is 3. The fourth-order valence-corrected chi connectivity index (χ4v) is 3.37. The molecule has 3 aromatic rings. The molecule has 3 aromatic carbocycles. The molecule has 1 N–H and O–H groups in total. The second kappa shape index (κ2) is 11.9. The van der Waals surface area contributed by atoms with Crippen LogP contribution in [0.5, 0.6) is 23.0 Å². The predicted octanol–water partition coefficient (Wildman–Crippen LogP) is 4.85. The lowest BCUT2D eigenvalue weighted by Crippen LogP contribution is -2.19. The van der Waals surface area contributed by atoms with Crippen LogP contribution in [0.15, 0.2) is 70.2 Å². The SMILES string of the molecule is CCOc1ccccc1C(=O)NN=Cc1cc(Br)ccc1OC(=O)c1ccc(OC)c(OC)c1. The van der Waals surface area contributed by atoms with Crippen LogP contribution in [0.2, 0.25) is 0 Å². The van der Waals surface area contributed by atoms with Crippen LogP contribution >= 0.6 is 15.9 Å². The molecule has 0 atom stereocenters. The monoisotopic (exact) mass is 526 g/mol. The summed E-state index contributed by atoms with van der Waals surface area (Å²) >= 11 is 3.39. The Balaban J connectivity index is 1.77. The van der Waals surface area contributed by atoms with Crippen molar-refractivity contribution < 1.29 is 28.5 Å². The van der Waals surface area contributed by atoms with Crippen LogP contribution in [0.25, 0.3) is 0 Å². The van der Waals surface area contributed by atoms with Crippen LogP contribution in [0.4, 0.5) is 0 Å². The molecule has 0 fully saturated rings. The number of nitrogens with one attached hydrogen (secondary N) is 1. The first-order valence-corrected chi connectivity index (χ1v) is 11.0. The Hall–Kier alpha value is -3.85. The van der Waals surface area contributed by atoms with E-state index >= 15 is 0 Å². The number of nitrogens with zero attached hydrogens (tertiary/aromatic N) is 1. The summed E-state index contributed by atoms with van der Waals surface area (Å²) in [4.78, 5) is 25.3. The lowest BCUT2D eigenvalue weighted by atomic mass is 10.2. The minimum absolute atomic E-state index is 0.260. The van der Waals surface area contributed by atoms with E-state index in [1.807, 2.05) is 6.92 Å². The topological polar surface area (TPSA) is 95.5 Å². The molecule has 0 spiro atoms. The highest BCUT2D eigenvalue weighted by Crippen LogP contribution is 2.29. The average Bonchev–Trinajstić information content (AvgIpc) is 2.85. The highest BCUT2D eigenvalue weighted by Gasteiger charge is 2.15. The van der Waals surface area contributed by atoms with Crippen LogP contribution in [0.3, 0.4) is 0 Å². The molecule has 0 aromatic heterocycles. The number of hydrogen-bond acceptors (Lipinski definition) is 7. The molecule has 176 valence electrons. The van der Waals surface area contributed by atoms with Gasteiger partial charge in [-0.15, -0.1) is 0 Å². The summed E-state index contributed by atoms with van der Waals surface area (Å²) in [7, 11) is 2.99. The van der Waals surface area contributed by atoms with Crippen molar-refractivity contribution in [3.05, 3.63) is 81.8 Å². The molecule has 0 saturated heterocycles. The molecule has 34 heavy (non-hydrogen) atoms. The van der Waals surface area contributed by atoms with Crippen molar-refractivity contribution in [1.82, 2.24) is 5.43 Å². The molecule has 1 amide bonds. The first-order chi connectivity index (χ1) is 16.5. The molecule has 0 saturated carbocycles. The van der Waals surface area contributed by atoms with Crippen LogP contribution in [0.1, 0.15) is 33.2 Å². The summed E-state index contributed by atoms with van der Waals surface area (Å²) < 4.78 is 22.2. The zero-order valence-corrected chi connectivity index (χ0v) is 20.4. The van der Waals surface area contributed by atoms with E-state index in [1.54, 1.807) is 54.6 Å². The van der Waals surface area contributed by atoms with Crippen molar-refractivity contribution in [3.8, 4) is 23.0 Å². The third-order valence-electron chi connectivity index (χ3n) is 4.59. The fraction of sp³-hybridized carbons (Fsp3) is 0.160. The number of carbonyl (C=O) groups excluding carboxylic acids is 2. The van der Waals surface area contributed by atoms with Gasteiger partial charge in [-0.25, -0.2) is 10.2 Å². The molecule has 0 radical (unpaired) electrons. The Morgan fingerprint density at radius 3 is 2.41 bits per heavy atom. The van der Waals surface area contributed by atoms with Crippen LogP contribution in [0, 0.1) is 0 Å². The molecule has 0 bridgehead atoms. The maximum atomic E-state index is 12.7. The summed E-state index contributed by atoms with van der Waals surface area (Å²) in [5.41, 5.74) is 3.58. The van der Waals surface area contributed by atoms with E-state index in [-0.39, 0.29) is 11.3 Å². The normalized spacial score (nSPS) is 10.6. The quantitative estimate of drug-likeness (QED) is 0.185. The minimum Gasteiger partial charge on any atom is -0.493 e. The Kier molecular flexibility index (Phi) is 8.64. The standard InChI is InChI=1S/C25H23BrN2O6/c1-4-33-21-8-6-5-7-19(21)24(29)28-27-15-17-13-18(26)10-12-20(17)34-25(30)16-9-11-22(31-2)23(14-16)32-3/h5-15H,4H2,1-3H3,(H,28,29). The van der Waals surface area contributed by atoms with Crippen molar-refractivity contribution >= 4 is 34.0 Å². The summed E-state index contributed by atoms with van der Waals surface area (Å²) in [6, 6.07) is 16.7. The van der Waals surface area contributed by atoms with Gasteiger partial charge >= 0.3 is 5.97 Å². The van der Waals surface area contributed by atoms with Crippen molar-refractivity contribution in [3.63, 3.8) is 0 Å². The van der Waals surface area contributed by atoms with Gasteiger partial charge in [0, 0.05) is 10.0 Å². The number of para-hydroxylation sites is 1. The van der Waals surface area contributed by atoms with Gasteiger partial charge in [0.1, 0.15) is 11.5 Å². The zero-order valence-electron chi connectivity index (χ0n) is 18.8. The van der Waals surface area contributed by atoms with E-state index < -0.39 is 11.9 Å². The number of esters is 1. The van der Waals surface area contributed by atoms with Crippen LogP contribution < -0.4 is 24.4 Å². The third-order valence-corrected chi connectivity index (χ3v) is 5.09. The van der Waals surface area contributed by atoms with E-state index in [2.05, 4.69) is 26.5 Å². The minimum atomic E-state index is -0.590. The summed E-state index contributed by atoms with van der Waals surface area (Å²) in [6.07, 6.45) is 1.39. The highest BCUT2D eigenvalue weighted by molar-refractivity contribution is 9.10. The molecular weight excluding hydrogens is 504 g/mol. The Morgan fingerprint density at radius 1 is 0.941 bits per heavy atom. The molecule has 8 nitrogen and oxygen atoms in total. The molecule has 0 aliphatic heterocycles. The number of carbonyl (C=O) groups is 2. The number of hydrazone groups is 1. The Morgan fingerprint density at radius 2 is 1.68 bits per heavy atom.